The van der Waals surface area contributed by atoms with E-state index in [1.807, 2.05) is 19.0 Å². The lowest BCUT2D eigenvalue weighted by Gasteiger charge is -2.25. The van der Waals surface area contributed by atoms with Crippen LogP contribution in [-0.2, 0) is 19.3 Å². The molecule has 2 rings (SSSR count). The summed E-state index contributed by atoms with van der Waals surface area (Å²) >= 11 is 0. The van der Waals surface area contributed by atoms with Crippen LogP contribution in [0, 0.1) is 0 Å². The molecule has 0 fully saturated rings. The van der Waals surface area contributed by atoms with E-state index in [1.165, 1.54) is 12.1 Å². The van der Waals surface area contributed by atoms with E-state index >= 15 is 0 Å². The van der Waals surface area contributed by atoms with Crippen LogP contribution in [0.15, 0.2) is 48.5 Å². The summed E-state index contributed by atoms with van der Waals surface area (Å²) < 4.78 is 38.2. The van der Waals surface area contributed by atoms with Gasteiger partial charge in [-0.1, -0.05) is 24.3 Å². The molecule has 146 valence electrons. The third kappa shape index (κ3) is 6.08. The lowest BCUT2D eigenvalue weighted by Crippen LogP contribution is -2.36. The van der Waals surface area contributed by atoms with Crippen LogP contribution in [-0.4, -0.2) is 42.9 Å². The number of alkyl halides is 3. The molecule has 2 aromatic carbocycles. The van der Waals surface area contributed by atoms with Gasteiger partial charge in [-0.3, -0.25) is 4.79 Å². The topological polar surface area (TPSA) is 49.6 Å². The fourth-order valence-electron chi connectivity index (χ4n) is 2.56. The first-order valence-electron chi connectivity index (χ1n) is 8.60. The summed E-state index contributed by atoms with van der Waals surface area (Å²) in [7, 11) is 3.80. The molecule has 0 radical (unpaired) electrons. The number of carbonyl (C=O) groups is 1. The van der Waals surface area contributed by atoms with Crippen molar-refractivity contribution in [2.24, 2.45) is 5.73 Å². The van der Waals surface area contributed by atoms with Gasteiger partial charge in [0.15, 0.2) is 0 Å². The molecule has 0 atom stereocenters. The third-order valence-corrected chi connectivity index (χ3v) is 4.20. The minimum absolute atomic E-state index is 0.166. The normalized spacial score (nSPS) is 11.7. The highest BCUT2D eigenvalue weighted by atomic mass is 19.4. The summed E-state index contributed by atoms with van der Waals surface area (Å²) in [5.74, 6) is -0.166. The standard InChI is InChI=1S/C20H24F3N3O/c1-25(2)11-12-26(19(27)17-7-3-15(13-24)4-8-17)14-16-5-9-18(10-6-16)20(21,22)23/h3-10H,11-14,24H2,1-2H3. The molecule has 0 aromatic heterocycles. The minimum Gasteiger partial charge on any atom is -0.333 e. The summed E-state index contributed by atoms with van der Waals surface area (Å²) in [4.78, 5) is 16.5. The highest BCUT2D eigenvalue weighted by Crippen LogP contribution is 2.29. The van der Waals surface area contributed by atoms with Gasteiger partial charge in [-0.25, -0.2) is 0 Å². The quantitative estimate of drug-likeness (QED) is 0.803. The molecule has 27 heavy (non-hydrogen) atoms. The number of benzene rings is 2. The lowest BCUT2D eigenvalue weighted by molar-refractivity contribution is -0.137. The molecule has 0 aliphatic carbocycles. The van der Waals surface area contributed by atoms with Gasteiger partial charge in [-0.2, -0.15) is 13.2 Å². The van der Waals surface area contributed by atoms with Crippen molar-refractivity contribution in [2.75, 3.05) is 27.2 Å². The van der Waals surface area contributed by atoms with Crippen molar-refractivity contribution < 1.29 is 18.0 Å². The molecular formula is C20H24F3N3O. The number of likely N-dealkylation sites (N-methyl/N-ethyl adjacent to an activating group) is 1. The predicted octanol–water partition coefficient (Wildman–Crippen LogP) is 3.37. The van der Waals surface area contributed by atoms with Crippen molar-refractivity contribution in [2.45, 2.75) is 19.3 Å². The van der Waals surface area contributed by atoms with Crippen molar-refractivity contribution >= 4 is 5.91 Å². The number of halogens is 3. The number of carbonyl (C=O) groups excluding carboxylic acids is 1. The Morgan fingerprint density at radius 1 is 0.926 bits per heavy atom. The first-order valence-corrected chi connectivity index (χ1v) is 8.60. The Morgan fingerprint density at radius 3 is 1.96 bits per heavy atom. The number of hydrogen-bond donors (Lipinski definition) is 1. The average Bonchev–Trinajstić information content (AvgIpc) is 2.64. The van der Waals surface area contributed by atoms with Crippen LogP contribution in [0.3, 0.4) is 0 Å². The van der Waals surface area contributed by atoms with E-state index in [4.69, 9.17) is 5.73 Å². The molecule has 0 aliphatic rings. The molecule has 4 nitrogen and oxygen atoms in total. The van der Waals surface area contributed by atoms with Crippen molar-refractivity contribution in [1.29, 1.82) is 0 Å². The predicted molar refractivity (Wildman–Crippen MR) is 99.1 cm³/mol. The molecule has 0 unspecified atom stereocenters. The van der Waals surface area contributed by atoms with Gasteiger partial charge in [-0.15, -0.1) is 0 Å². The Bertz CT molecular complexity index is 741. The molecule has 0 bridgehead atoms. The number of amides is 1. The van der Waals surface area contributed by atoms with Crippen LogP contribution < -0.4 is 5.73 Å². The summed E-state index contributed by atoms with van der Waals surface area (Å²) in [6.45, 7) is 1.74. The molecule has 0 heterocycles. The molecule has 0 saturated carbocycles. The maximum atomic E-state index is 12.9. The number of nitrogens with zero attached hydrogens (tertiary/aromatic N) is 2. The average molecular weight is 379 g/mol. The highest BCUT2D eigenvalue weighted by Gasteiger charge is 2.30. The Labute approximate surface area is 157 Å². The van der Waals surface area contributed by atoms with E-state index in [9.17, 15) is 18.0 Å². The second kappa shape index (κ2) is 9.01. The van der Waals surface area contributed by atoms with E-state index in [2.05, 4.69) is 0 Å². The van der Waals surface area contributed by atoms with Gasteiger partial charge in [0, 0.05) is 31.7 Å². The van der Waals surface area contributed by atoms with E-state index in [1.54, 1.807) is 29.2 Å². The summed E-state index contributed by atoms with van der Waals surface area (Å²) in [5.41, 5.74) is 6.98. The van der Waals surface area contributed by atoms with Crippen molar-refractivity contribution in [1.82, 2.24) is 9.80 Å². The largest absolute Gasteiger partial charge is 0.416 e. The highest BCUT2D eigenvalue weighted by molar-refractivity contribution is 5.94. The number of nitrogens with two attached hydrogens (primary N) is 1. The molecule has 1 amide bonds. The van der Waals surface area contributed by atoms with Gasteiger partial charge < -0.3 is 15.5 Å². The van der Waals surface area contributed by atoms with E-state index in [0.717, 1.165) is 17.7 Å². The van der Waals surface area contributed by atoms with E-state index < -0.39 is 11.7 Å². The maximum Gasteiger partial charge on any atom is 0.416 e. The fraction of sp³-hybridized carbons (Fsp3) is 0.350. The minimum atomic E-state index is -4.37. The second-order valence-electron chi connectivity index (χ2n) is 6.63. The SMILES string of the molecule is CN(C)CCN(Cc1ccc(C(F)(F)F)cc1)C(=O)c1ccc(CN)cc1. The summed E-state index contributed by atoms with van der Waals surface area (Å²) in [6, 6.07) is 12.0. The fourth-order valence-corrected chi connectivity index (χ4v) is 2.56. The van der Waals surface area contributed by atoms with Crippen molar-refractivity contribution in [3.05, 3.63) is 70.8 Å². The molecule has 0 spiro atoms. The van der Waals surface area contributed by atoms with Crippen LogP contribution in [0.5, 0.6) is 0 Å². The number of rotatable bonds is 7. The van der Waals surface area contributed by atoms with Crippen LogP contribution in [0.25, 0.3) is 0 Å². The molecule has 2 aromatic rings. The molecule has 0 aliphatic heterocycles. The zero-order chi connectivity index (χ0) is 20.0. The van der Waals surface area contributed by atoms with Crippen LogP contribution in [0.1, 0.15) is 27.0 Å². The first kappa shape index (κ1) is 20.9. The van der Waals surface area contributed by atoms with Gasteiger partial charge in [-0.05, 0) is 49.5 Å². The Morgan fingerprint density at radius 2 is 1.48 bits per heavy atom. The Kier molecular flexibility index (Phi) is 6.98. The third-order valence-electron chi connectivity index (χ3n) is 4.20. The van der Waals surface area contributed by atoms with Crippen LogP contribution >= 0.6 is 0 Å². The van der Waals surface area contributed by atoms with Crippen molar-refractivity contribution in [3.63, 3.8) is 0 Å². The van der Waals surface area contributed by atoms with Crippen molar-refractivity contribution in [3.8, 4) is 0 Å². The Balaban J connectivity index is 2.18. The first-order chi connectivity index (χ1) is 12.7. The zero-order valence-corrected chi connectivity index (χ0v) is 15.5. The van der Waals surface area contributed by atoms with Crippen LogP contribution in [0.4, 0.5) is 13.2 Å². The van der Waals surface area contributed by atoms with Crippen LogP contribution in [0.2, 0.25) is 0 Å². The zero-order valence-electron chi connectivity index (χ0n) is 15.5. The van der Waals surface area contributed by atoms with Gasteiger partial charge >= 0.3 is 6.18 Å². The lowest BCUT2D eigenvalue weighted by atomic mass is 10.1. The second-order valence-corrected chi connectivity index (χ2v) is 6.63. The van der Waals surface area contributed by atoms with Gasteiger partial charge in [0.1, 0.15) is 0 Å². The van der Waals surface area contributed by atoms with E-state index in [0.29, 0.717) is 30.8 Å². The summed E-state index contributed by atoms with van der Waals surface area (Å²) in [5, 5.41) is 0. The van der Waals surface area contributed by atoms with Gasteiger partial charge in [0.25, 0.3) is 5.91 Å². The molecule has 2 N–H and O–H groups in total. The summed E-state index contributed by atoms with van der Waals surface area (Å²) in [6.07, 6.45) is -4.37. The Hall–Kier alpha value is -2.38. The smallest absolute Gasteiger partial charge is 0.333 e. The molecular weight excluding hydrogens is 355 g/mol. The van der Waals surface area contributed by atoms with E-state index in [-0.39, 0.29) is 12.5 Å². The van der Waals surface area contributed by atoms with Gasteiger partial charge in [0.2, 0.25) is 0 Å². The molecule has 7 heteroatoms. The maximum absolute atomic E-state index is 12.9. The number of hydrogen-bond acceptors (Lipinski definition) is 3. The molecule has 0 saturated heterocycles. The van der Waals surface area contributed by atoms with Gasteiger partial charge in [0.05, 0.1) is 5.56 Å². The monoisotopic (exact) mass is 379 g/mol.